The summed E-state index contributed by atoms with van der Waals surface area (Å²) >= 11 is 0. The van der Waals surface area contributed by atoms with Crippen LogP contribution in [0, 0.1) is 5.92 Å². The molecule has 0 aliphatic carbocycles. The summed E-state index contributed by atoms with van der Waals surface area (Å²) in [4.78, 5) is 14.3. The predicted octanol–water partition coefficient (Wildman–Crippen LogP) is 4.10. The summed E-state index contributed by atoms with van der Waals surface area (Å²) in [5, 5.41) is 9.42. The fraction of sp³-hybridized carbons (Fsp3) is 0.588. The van der Waals surface area contributed by atoms with E-state index >= 15 is 0 Å². The minimum Gasteiger partial charge on any atom is -0.508 e. The van der Waals surface area contributed by atoms with Crippen LogP contribution in [0.2, 0.25) is 0 Å². The summed E-state index contributed by atoms with van der Waals surface area (Å²) < 4.78 is 5.54. The first-order chi connectivity index (χ1) is 9.76. The SMILES string of the molecule is CC1CCC(c2ccc(O)cc2)N(C(=O)OC(C)(C)C)C1. The molecule has 1 heterocycles. The van der Waals surface area contributed by atoms with Crippen LogP contribution in [0.1, 0.15) is 52.1 Å². The molecule has 4 heteroatoms. The molecule has 0 radical (unpaired) electrons. The van der Waals surface area contributed by atoms with Gasteiger partial charge < -0.3 is 14.7 Å². The van der Waals surface area contributed by atoms with Gasteiger partial charge in [0.2, 0.25) is 0 Å². The quantitative estimate of drug-likeness (QED) is 0.847. The number of carbonyl (C=O) groups excluding carboxylic acids is 1. The zero-order valence-corrected chi connectivity index (χ0v) is 13.3. The fourth-order valence-electron chi connectivity index (χ4n) is 2.72. The molecule has 0 spiro atoms. The molecule has 1 aliphatic rings. The third-order valence-electron chi connectivity index (χ3n) is 3.72. The van der Waals surface area contributed by atoms with Crippen LogP contribution in [0.15, 0.2) is 24.3 Å². The minimum absolute atomic E-state index is 0.0247. The van der Waals surface area contributed by atoms with Gasteiger partial charge in [0.1, 0.15) is 11.4 Å². The second kappa shape index (κ2) is 5.96. The van der Waals surface area contributed by atoms with Gasteiger partial charge >= 0.3 is 6.09 Å². The third-order valence-corrected chi connectivity index (χ3v) is 3.72. The Morgan fingerprint density at radius 2 is 1.86 bits per heavy atom. The Labute approximate surface area is 126 Å². The number of phenols is 1. The summed E-state index contributed by atoms with van der Waals surface area (Å²) in [7, 11) is 0. The number of piperidine rings is 1. The van der Waals surface area contributed by atoms with Gasteiger partial charge in [0.15, 0.2) is 0 Å². The highest BCUT2D eigenvalue weighted by molar-refractivity contribution is 5.69. The maximum Gasteiger partial charge on any atom is 0.410 e. The van der Waals surface area contributed by atoms with Gasteiger partial charge in [-0.2, -0.15) is 0 Å². The molecular formula is C17H25NO3. The number of carbonyl (C=O) groups is 1. The molecule has 0 bridgehead atoms. The van der Waals surface area contributed by atoms with E-state index in [0.717, 1.165) is 18.4 Å². The normalized spacial score (nSPS) is 23.0. The van der Waals surface area contributed by atoms with Crippen LogP contribution in [0.25, 0.3) is 0 Å². The first-order valence-electron chi connectivity index (χ1n) is 7.55. The second-order valence-corrected chi connectivity index (χ2v) is 6.92. The molecule has 0 aromatic heterocycles. The molecule has 2 rings (SSSR count). The highest BCUT2D eigenvalue weighted by atomic mass is 16.6. The van der Waals surface area contributed by atoms with E-state index < -0.39 is 5.60 Å². The Morgan fingerprint density at radius 1 is 1.24 bits per heavy atom. The molecule has 1 saturated heterocycles. The Bertz CT molecular complexity index is 490. The van der Waals surface area contributed by atoms with Crippen molar-refractivity contribution in [2.75, 3.05) is 6.54 Å². The van der Waals surface area contributed by atoms with Gasteiger partial charge in [0.05, 0.1) is 6.04 Å². The second-order valence-electron chi connectivity index (χ2n) is 6.92. The first-order valence-corrected chi connectivity index (χ1v) is 7.55. The zero-order chi connectivity index (χ0) is 15.6. The monoisotopic (exact) mass is 291 g/mol. The number of hydrogen-bond acceptors (Lipinski definition) is 3. The van der Waals surface area contributed by atoms with E-state index in [1.165, 1.54) is 0 Å². The van der Waals surface area contributed by atoms with Gasteiger partial charge in [0.25, 0.3) is 0 Å². The van der Waals surface area contributed by atoms with Crippen molar-refractivity contribution in [3.63, 3.8) is 0 Å². The van der Waals surface area contributed by atoms with Crippen LogP contribution in [-0.2, 0) is 4.74 Å². The van der Waals surface area contributed by atoms with Gasteiger partial charge in [-0.15, -0.1) is 0 Å². The maximum atomic E-state index is 12.5. The summed E-state index contributed by atoms with van der Waals surface area (Å²) in [6, 6.07) is 7.12. The van der Waals surface area contributed by atoms with Gasteiger partial charge in [0, 0.05) is 6.54 Å². The molecule has 0 saturated carbocycles. The lowest BCUT2D eigenvalue weighted by Crippen LogP contribution is -2.44. The van der Waals surface area contributed by atoms with Gasteiger partial charge in [-0.05, 0) is 57.2 Å². The maximum absolute atomic E-state index is 12.5. The standard InChI is InChI=1S/C17H25NO3/c1-12-5-10-15(13-6-8-14(19)9-7-13)18(11-12)16(20)21-17(2,3)4/h6-9,12,15,19H,5,10-11H2,1-4H3. The molecule has 21 heavy (non-hydrogen) atoms. The van der Waals surface area contributed by atoms with Crippen LogP contribution < -0.4 is 0 Å². The Balaban J connectivity index is 2.21. The van der Waals surface area contributed by atoms with Crippen molar-refractivity contribution in [2.45, 2.75) is 52.2 Å². The van der Waals surface area contributed by atoms with E-state index in [4.69, 9.17) is 4.74 Å². The summed E-state index contributed by atoms with van der Waals surface area (Å²) in [6.07, 6.45) is 1.75. The van der Waals surface area contributed by atoms with Gasteiger partial charge in [-0.3, -0.25) is 0 Å². The zero-order valence-electron chi connectivity index (χ0n) is 13.3. The van der Waals surface area contributed by atoms with Crippen molar-refractivity contribution in [1.29, 1.82) is 0 Å². The number of likely N-dealkylation sites (tertiary alicyclic amines) is 1. The molecule has 4 nitrogen and oxygen atoms in total. The van der Waals surface area contributed by atoms with Crippen LogP contribution >= 0.6 is 0 Å². The first kappa shape index (κ1) is 15.7. The summed E-state index contributed by atoms with van der Waals surface area (Å²) in [5.41, 5.74) is 0.558. The number of aromatic hydroxyl groups is 1. The Kier molecular flexibility index (Phi) is 4.45. The van der Waals surface area contributed by atoms with E-state index in [9.17, 15) is 9.90 Å². The minimum atomic E-state index is -0.489. The Morgan fingerprint density at radius 3 is 2.43 bits per heavy atom. The molecule has 2 atom stereocenters. The number of benzene rings is 1. The average molecular weight is 291 g/mol. The molecule has 116 valence electrons. The number of ether oxygens (including phenoxy) is 1. The highest BCUT2D eigenvalue weighted by Gasteiger charge is 2.33. The van der Waals surface area contributed by atoms with Crippen molar-refractivity contribution in [3.05, 3.63) is 29.8 Å². The van der Waals surface area contributed by atoms with E-state index in [-0.39, 0.29) is 17.9 Å². The van der Waals surface area contributed by atoms with Crippen LogP contribution in [-0.4, -0.2) is 28.2 Å². The number of nitrogens with zero attached hydrogens (tertiary/aromatic N) is 1. The smallest absolute Gasteiger partial charge is 0.410 e. The lowest BCUT2D eigenvalue weighted by Gasteiger charge is -2.39. The fourth-order valence-corrected chi connectivity index (χ4v) is 2.72. The van der Waals surface area contributed by atoms with Crippen LogP contribution in [0.5, 0.6) is 5.75 Å². The molecule has 1 fully saturated rings. The van der Waals surface area contributed by atoms with E-state index in [0.29, 0.717) is 12.5 Å². The largest absolute Gasteiger partial charge is 0.508 e. The van der Waals surface area contributed by atoms with Crippen LogP contribution in [0.3, 0.4) is 0 Å². The van der Waals surface area contributed by atoms with Crippen molar-refractivity contribution in [2.24, 2.45) is 5.92 Å². The molecule has 1 aliphatic heterocycles. The number of phenolic OH excluding ortho intramolecular Hbond substituents is 1. The lowest BCUT2D eigenvalue weighted by atomic mass is 9.90. The summed E-state index contributed by atoms with van der Waals surface area (Å²) in [5.74, 6) is 0.720. The molecular weight excluding hydrogens is 266 g/mol. The van der Waals surface area contributed by atoms with Gasteiger partial charge in [-0.25, -0.2) is 4.79 Å². The Hall–Kier alpha value is -1.71. The van der Waals surface area contributed by atoms with Crippen molar-refractivity contribution >= 4 is 6.09 Å². The van der Waals surface area contributed by atoms with Gasteiger partial charge in [-0.1, -0.05) is 19.1 Å². The molecule has 2 unspecified atom stereocenters. The van der Waals surface area contributed by atoms with E-state index in [2.05, 4.69) is 6.92 Å². The predicted molar refractivity (Wildman–Crippen MR) is 82.2 cm³/mol. The number of rotatable bonds is 1. The van der Waals surface area contributed by atoms with E-state index in [1.807, 2.05) is 37.8 Å². The van der Waals surface area contributed by atoms with Crippen molar-refractivity contribution < 1.29 is 14.6 Å². The average Bonchev–Trinajstić information content (AvgIpc) is 2.38. The van der Waals surface area contributed by atoms with Crippen LogP contribution in [0.4, 0.5) is 4.79 Å². The lowest BCUT2D eigenvalue weighted by molar-refractivity contribution is 0.00364. The molecule has 1 aromatic carbocycles. The topological polar surface area (TPSA) is 49.8 Å². The molecule has 1 amide bonds. The molecule has 1 aromatic rings. The van der Waals surface area contributed by atoms with E-state index in [1.54, 1.807) is 12.1 Å². The molecule has 1 N–H and O–H groups in total. The highest BCUT2D eigenvalue weighted by Crippen LogP contribution is 2.34. The number of amides is 1. The summed E-state index contributed by atoms with van der Waals surface area (Å²) in [6.45, 7) is 8.51. The van der Waals surface area contributed by atoms with Crippen molar-refractivity contribution in [1.82, 2.24) is 4.90 Å². The third kappa shape index (κ3) is 4.13. The number of hydrogen-bond donors (Lipinski definition) is 1. The van der Waals surface area contributed by atoms with Crippen molar-refractivity contribution in [3.8, 4) is 5.75 Å².